The molecule has 0 fully saturated rings. The molecule has 0 aromatic heterocycles. The number of rotatable bonds is 17. The topological polar surface area (TPSA) is 225 Å². The molecule has 0 saturated heterocycles. The molecule has 3 amide bonds. The largest absolute Gasteiger partial charge is 0.481 e. The number of carbonyl (C=O) groups is 6. The van der Waals surface area contributed by atoms with E-state index >= 15 is 0 Å². The summed E-state index contributed by atoms with van der Waals surface area (Å²) in [5.74, 6) is -6.34. The van der Waals surface area contributed by atoms with Crippen molar-refractivity contribution in [2.75, 3.05) is 12.0 Å². The van der Waals surface area contributed by atoms with Gasteiger partial charge in [-0.15, -0.1) is 0 Å². The fraction of sp³-hybridized carbons (Fsp3) is 0.478. The molecule has 1 aromatic carbocycles. The fourth-order valence-electron chi connectivity index (χ4n) is 3.20. The highest BCUT2D eigenvalue weighted by Crippen LogP contribution is 2.07. The third-order valence-corrected chi connectivity index (χ3v) is 5.80. The number of benzene rings is 1. The fourth-order valence-corrected chi connectivity index (χ4v) is 3.67. The van der Waals surface area contributed by atoms with E-state index in [0.717, 1.165) is 5.56 Å². The quantitative estimate of drug-likeness (QED) is 0.129. The van der Waals surface area contributed by atoms with Crippen LogP contribution in [0.4, 0.5) is 0 Å². The Kier molecular flexibility index (Phi) is 13.7. The van der Waals surface area contributed by atoms with Crippen LogP contribution < -0.4 is 21.7 Å². The van der Waals surface area contributed by atoms with Crippen LogP contribution in [-0.2, 0) is 35.2 Å². The van der Waals surface area contributed by atoms with Crippen LogP contribution in [0.15, 0.2) is 30.3 Å². The molecule has 4 unspecified atom stereocenters. The lowest BCUT2D eigenvalue weighted by Crippen LogP contribution is -2.57. The van der Waals surface area contributed by atoms with Gasteiger partial charge in [-0.25, -0.2) is 4.79 Å². The zero-order valence-corrected chi connectivity index (χ0v) is 21.0. The molecule has 1 aromatic rings. The summed E-state index contributed by atoms with van der Waals surface area (Å²) in [6.45, 7) is 0. The zero-order chi connectivity index (χ0) is 28.0. The maximum absolute atomic E-state index is 13.0. The Labute approximate surface area is 217 Å². The lowest BCUT2D eigenvalue weighted by molar-refractivity contribution is -0.147. The van der Waals surface area contributed by atoms with Crippen molar-refractivity contribution >= 4 is 47.4 Å². The lowest BCUT2D eigenvalue weighted by Gasteiger charge is -2.25. The minimum absolute atomic E-state index is 0.0608. The van der Waals surface area contributed by atoms with Gasteiger partial charge in [0, 0.05) is 6.42 Å². The second-order valence-corrected chi connectivity index (χ2v) is 9.12. The normalized spacial score (nSPS) is 13.9. The smallest absolute Gasteiger partial charge is 0.326 e. The van der Waals surface area contributed by atoms with Crippen molar-refractivity contribution in [1.29, 1.82) is 0 Å². The van der Waals surface area contributed by atoms with Gasteiger partial charge in [0.25, 0.3) is 0 Å². The van der Waals surface area contributed by atoms with E-state index in [-0.39, 0.29) is 19.3 Å². The number of nitrogens with two attached hydrogens (primary N) is 1. The number of amides is 3. The average Bonchev–Trinajstić information content (AvgIpc) is 2.83. The summed E-state index contributed by atoms with van der Waals surface area (Å²) >= 11 is 1.34. The molecule has 1 rings (SSSR count). The Bertz CT molecular complexity index is 961. The lowest BCUT2D eigenvalue weighted by atomic mass is 10.0. The molecule has 0 aliphatic rings. The molecular formula is C23H32N4O9S. The summed E-state index contributed by atoms with van der Waals surface area (Å²) in [6, 6.07) is 3.51. The number of carboxylic acid groups (broad SMARTS) is 3. The first-order valence-corrected chi connectivity index (χ1v) is 12.7. The number of hydrogen-bond acceptors (Lipinski definition) is 8. The van der Waals surface area contributed by atoms with Gasteiger partial charge < -0.3 is 37.0 Å². The van der Waals surface area contributed by atoms with Crippen LogP contribution in [0.1, 0.15) is 31.2 Å². The molecule has 0 radical (unpaired) electrons. The molecular weight excluding hydrogens is 508 g/mol. The van der Waals surface area contributed by atoms with Crippen molar-refractivity contribution in [2.45, 2.75) is 56.3 Å². The first-order valence-electron chi connectivity index (χ1n) is 11.3. The molecule has 8 N–H and O–H groups in total. The second-order valence-electron chi connectivity index (χ2n) is 8.13. The van der Waals surface area contributed by atoms with E-state index in [9.17, 15) is 33.9 Å². The van der Waals surface area contributed by atoms with E-state index in [2.05, 4.69) is 16.0 Å². The van der Waals surface area contributed by atoms with Crippen LogP contribution in [0.3, 0.4) is 0 Å². The number of aliphatic carboxylic acids is 3. The minimum Gasteiger partial charge on any atom is -0.481 e. The predicted octanol–water partition coefficient (Wildman–Crippen LogP) is -0.812. The molecule has 0 spiro atoms. The summed E-state index contributed by atoms with van der Waals surface area (Å²) in [6.07, 6.45) is 0.336. The third-order valence-electron chi connectivity index (χ3n) is 5.15. The van der Waals surface area contributed by atoms with Gasteiger partial charge in [0.2, 0.25) is 17.7 Å². The first-order chi connectivity index (χ1) is 17.4. The van der Waals surface area contributed by atoms with E-state index in [0.29, 0.717) is 5.75 Å². The van der Waals surface area contributed by atoms with Gasteiger partial charge in [-0.3, -0.25) is 24.0 Å². The van der Waals surface area contributed by atoms with Crippen molar-refractivity contribution in [3.63, 3.8) is 0 Å². The van der Waals surface area contributed by atoms with E-state index < -0.39 is 72.6 Å². The van der Waals surface area contributed by atoms with Crippen LogP contribution in [0.5, 0.6) is 0 Å². The van der Waals surface area contributed by atoms with E-state index in [1.807, 2.05) is 0 Å². The number of thioether (sulfide) groups is 1. The highest BCUT2D eigenvalue weighted by Gasteiger charge is 2.31. The first kappa shape index (κ1) is 31.4. The summed E-state index contributed by atoms with van der Waals surface area (Å²) in [7, 11) is 0. The van der Waals surface area contributed by atoms with Gasteiger partial charge in [0.05, 0.1) is 12.5 Å². The Balaban J connectivity index is 2.98. The summed E-state index contributed by atoms with van der Waals surface area (Å²) in [4.78, 5) is 71.7. The highest BCUT2D eigenvalue weighted by atomic mass is 32.2. The van der Waals surface area contributed by atoms with Crippen LogP contribution in [0.2, 0.25) is 0 Å². The second kappa shape index (κ2) is 16.2. The van der Waals surface area contributed by atoms with E-state index in [1.165, 1.54) is 11.8 Å². The summed E-state index contributed by atoms with van der Waals surface area (Å²) in [5, 5.41) is 34.1. The number of hydrogen-bond donors (Lipinski definition) is 7. The molecule has 0 aliphatic heterocycles. The van der Waals surface area contributed by atoms with Gasteiger partial charge in [0.1, 0.15) is 18.1 Å². The Morgan fingerprint density at radius 2 is 1.35 bits per heavy atom. The van der Waals surface area contributed by atoms with Crippen molar-refractivity contribution in [1.82, 2.24) is 16.0 Å². The maximum atomic E-state index is 13.0. The number of nitrogens with one attached hydrogen (secondary N) is 3. The summed E-state index contributed by atoms with van der Waals surface area (Å²) in [5.41, 5.74) is 6.74. The molecule has 13 nitrogen and oxygen atoms in total. The molecule has 0 bridgehead atoms. The summed E-state index contributed by atoms with van der Waals surface area (Å²) < 4.78 is 0. The number of carbonyl (C=O) groups excluding carboxylic acids is 3. The Morgan fingerprint density at radius 3 is 1.86 bits per heavy atom. The van der Waals surface area contributed by atoms with E-state index in [1.54, 1.807) is 36.6 Å². The van der Waals surface area contributed by atoms with Crippen molar-refractivity contribution in [3.05, 3.63) is 35.9 Å². The van der Waals surface area contributed by atoms with Crippen LogP contribution in [0.25, 0.3) is 0 Å². The molecule has 0 aliphatic carbocycles. The molecule has 14 heteroatoms. The highest BCUT2D eigenvalue weighted by molar-refractivity contribution is 7.98. The molecule has 204 valence electrons. The maximum Gasteiger partial charge on any atom is 0.326 e. The van der Waals surface area contributed by atoms with Crippen LogP contribution >= 0.6 is 11.8 Å². The minimum atomic E-state index is -1.72. The van der Waals surface area contributed by atoms with Gasteiger partial charge in [-0.05, 0) is 36.8 Å². The van der Waals surface area contributed by atoms with Crippen molar-refractivity contribution < 1.29 is 44.1 Å². The zero-order valence-electron chi connectivity index (χ0n) is 20.2. The van der Waals surface area contributed by atoms with Gasteiger partial charge >= 0.3 is 17.9 Å². The van der Waals surface area contributed by atoms with Crippen molar-refractivity contribution in [2.24, 2.45) is 5.73 Å². The standard InChI is InChI=1S/C23H32N4O9S/c1-37-10-9-16(22(34)27-17(23(35)36)12-19(30)31)26-21(33)15(7-8-18(28)29)25-20(32)14(24)11-13-5-3-2-4-6-13/h2-6,14-17H,7-12,24H2,1H3,(H,25,32)(H,26,33)(H,27,34)(H,28,29)(H,30,31)(H,35,36). The van der Waals surface area contributed by atoms with Gasteiger partial charge in [0.15, 0.2) is 0 Å². The Hall–Kier alpha value is -3.65. The molecule has 0 heterocycles. The van der Waals surface area contributed by atoms with Crippen molar-refractivity contribution in [3.8, 4) is 0 Å². The third kappa shape index (κ3) is 12.2. The SMILES string of the molecule is CSCCC(NC(=O)C(CCC(=O)O)NC(=O)C(N)Cc1ccccc1)C(=O)NC(CC(=O)O)C(=O)O. The van der Waals surface area contributed by atoms with Gasteiger partial charge in [-0.1, -0.05) is 30.3 Å². The molecule has 4 atom stereocenters. The average molecular weight is 541 g/mol. The predicted molar refractivity (Wildman–Crippen MR) is 134 cm³/mol. The van der Waals surface area contributed by atoms with Crippen LogP contribution in [-0.4, -0.2) is 87.1 Å². The Morgan fingerprint density at radius 1 is 0.811 bits per heavy atom. The monoisotopic (exact) mass is 540 g/mol. The van der Waals surface area contributed by atoms with Gasteiger partial charge in [-0.2, -0.15) is 11.8 Å². The number of carboxylic acids is 3. The molecule has 37 heavy (non-hydrogen) atoms. The van der Waals surface area contributed by atoms with Crippen LogP contribution in [0, 0.1) is 0 Å². The molecule has 0 saturated carbocycles. The van der Waals surface area contributed by atoms with E-state index in [4.69, 9.17) is 15.9 Å².